The van der Waals surface area contributed by atoms with E-state index in [0.29, 0.717) is 11.6 Å². The monoisotopic (exact) mass is 221 g/mol. The fourth-order valence-corrected chi connectivity index (χ4v) is 1.71. The molecular formula is C10H8ClN3O. The van der Waals surface area contributed by atoms with Gasteiger partial charge in [0, 0.05) is 22.6 Å². The maximum atomic E-state index is 8.15. The molecule has 0 atom stereocenters. The summed E-state index contributed by atoms with van der Waals surface area (Å²) in [6.07, 6.45) is 3.87. The summed E-state index contributed by atoms with van der Waals surface area (Å²) >= 11 is 5.96. The summed E-state index contributed by atoms with van der Waals surface area (Å²) in [5.41, 5.74) is 11.2. The number of hydrogen-bond donors (Lipinski definition) is 0. The van der Waals surface area contributed by atoms with Crippen LogP contribution in [0.3, 0.4) is 0 Å². The zero-order valence-electron chi connectivity index (χ0n) is 7.85. The minimum atomic E-state index is 0.460. The first-order valence-electron chi connectivity index (χ1n) is 4.46. The first-order chi connectivity index (χ1) is 7.31. The van der Waals surface area contributed by atoms with Gasteiger partial charge >= 0.3 is 0 Å². The van der Waals surface area contributed by atoms with Gasteiger partial charge in [-0.15, -0.1) is 0 Å². The van der Waals surface area contributed by atoms with Crippen LogP contribution in [0.5, 0.6) is 0 Å². The van der Waals surface area contributed by atoms with Gasteiger partial charge in [-0.05, 0) is 29.6 Å². The lowest BCUT2D eigenvalue weighted by Crippen LogP contribution is -1.83. The van der Waals surface area contributed by atoms with Gasteiger partial charge in [0.1, 0.15) is 6.26 Å². The van der Waals surface area contributed by atoms with E-state index >= 15 is 0 Å². The molecule has 0 saturated carbocycles. The molecule has 0 aromatic rings. The van der Waals surface area contributed by atoms with Crippen LogP contribution in [0.2, 0.25) is 5.02 Å². The predicted molar refractivity (Wildman–Crippen MR) is 58.1 cm³/mol. The Bertz CT molecular complexity index is 488. The molecule has 15 heavy (non-hydrogen) atoms. The fraction of sp³-hybridized carbons (Fsp3) is 0.200. The summed E-state index contributed by atoms with van der Waals surface area (Å²) in [5, 5.41) is 4.08. The van der Waals surface area contributed by atoms with Gasteiger partial charge in [0.05, 0.1) is 11.3 Å². The van der Waals surface area contributed by atoms with Crippen LogP contribution >= 0.6 is 11.6 Å². The van der Waals surface area contributed by atoms with Crippen molar-refractivity contribution >= 4 is 11.6 Å². The number of azide groups is 1. The van der Waals surface area contributed by atoms with Gasteiger partial charge in [-0.25, -0.2) is 0 Å². The van der Waals surface area contributed by atoms with Crippen molar-refractivity contribution in [1.82, 2.24) is 0 Å². The maximum absolute atomic E-state index is 8.15. The molecule has 0 aromatic heterocycles. The molecule has 1 aliphatic carbocycles. The normalized spacial score (nSPS) is 10.2. The Morgan fingerprint density at radius 1 is 1.40 bits per heavy atom. The number of hydrogen-bond acceptors (Lipinski definition) is 2. The van der Waals surface area contributed by atoms with E-state index in [0.717, 1.165) is 23.1 Å². The van der Waals surface area contributed by atoms with Crippen LogP contribution < -0.4 is 0 Å². The average molecular weight is 222 g/mol. The summed E-state index contributed by atoms with van der Waals surface area (Å²) < 4.78 is 5.05. The lowest BCUT2D eigenvalue weighted by Gasteiger charge is -1.97. The first-order valence-corrected chi connectivity index (χ1v) is 4.84. The summed E-state index contributed by atoms with van der Waals surface area (Å²) in [6.45, 7) is 0.460. The van der Waals surface area contributed by atoms with Crippen molar-refractivity contribution in [3.63, 3.8) is 0 Å². The largest absolute Gasteiger partial charge is 0.470 e. The van der Waals surface area contributed by atoms with Crippen molar-refractivity contribution in [2.75, 3.05) is 6.54 Å². The highest BCUT2D eigenvalue weighted by atomic mass is 35.5. The van der Waals surface area contributed by atoms with Crippen molar-refractivity contribution in [2.24, 2.45) is 5.11 Å². The van der Waals surface area contributed by atoms with E-state index in [1.54, 1.807) is 6.26 Å². The molecule has 0 aromatic carbocycles. The molecule has 5 heteroatoms. The molecule has 1 aliphatic heterocycles. The molecular weight excluding hydrogens is 214 g/mol. The second-order valence-corrected chi connectivity index (χ2v) is 3.56. The molecule has 2 rings (SSSR count). The van der Waals surface area contributed by atoms with Crippen LogP contribution in [0.25, 0.3) is 21.6 Å². The maximum Gasteiger partial charge on any atom is 0.109 e. The highest BCUT2D eigenvalue weighted by molar-refractivity contribution is 6.33. The molecule has 0 unspecified atom stereocenters. The van der Waals surface area contributed by atoms with Crippen molar-refractivity contribution in [1.29, 1.82) is 0 Å². The van der Waals surface area contributed by atoms with Crippen molar-refractivity contribution in [3.05, 3.63) is 45.7 Å². The molecule has 1 heterocycles. The Hall–Kier alpha value is -1.64. The van der Waals surface area contributed by atoms with E-state index in [2.05, 4.69) is 10.0 Å². The van der Waals surface area contributed by atoms with Crippen LogP contribution in [-0.2, 0) is 6.42 Å². The molecule has 2 aliphatic rings. The minimum absolute atomic E-state index is 0.460. The van der Waals surface area contributed by atoms with Gasteiger partial charge in [-0.1, -0.05) is 16.7 Å². The Morgan fingerprint density at radius 3 is 3.00 bits per heavy atom. The number of nitrogens with zero attached hydrogens (tertiary/aromatic N) is 3. The third-order valence-electron chi connectivity index (χ3n) is 2.17. The van der Waals surface area contributed by atoms with Gasteiger partial charge in [-0.2, -0.15) is 0 Å². The third-order valence-corrected chi connectivity index (χ3v) is 2.46. The smallest absolute Gasteiger partial charge is 0.109 e. The molecule has 0 fully saturated rings. The van der Waals surface area contributed by atoms with Crippen molar-refractivity contribution < 1.29 is 4.42 Å². The SMILES string of the molecule is [N-]=[N+]=NCCc1cc2cocc(Cl)c-2c1. The molecule has 0 radical (unpaired) electrons. The van der Waals surface area contributed by atoms with Gasteiger partial charge in [0.2, 0.25) is 0 Å². The fourth-order valence-electron chi connectivity index (χ4n) is 1.49. The highest BCUT2D eigenvalue weighted by Crippen LogP contribution is 2.32. The zero-order chi connectivity index (χ0) is 10.7. The van der Waals surface area contributed by atoms with Gasteiger partial charge in [0.15, 0.2) is 0 Å². The van der Waals surface area contributed by atoms with E-state index in [1.807, 2.05) is 12.1 Å². The summed E-state index contributed by atoms with van der Waals surface area (Å²) in [4.78, 5) is 2.70. The van der Waals surface area contributed by atoms with E-state index in [-0.39, 0.29) is 0 Å². The topological polar surface area (TPSA) is 61.9 Å². The molecule has 0 spiro atoms. The van der Waals surface area contributed by atoms with E-state index < -0.39 is 0 Å². The lowest BCUT2D eigenvalue weighted by atomic mass is 10.2. The van der Waals surface area contributed by atoms with Crippen molar-refractivity contribution in [2.45, 2.75) is 6.42 Å². The standard InChI is InChI=1S/C10H8ClN3O/c11-10-6-15-5-8-3-7(4-9(8)10)1-2-13-14-12/h3-6H,1-2H2. The zero-order valence-corrected chi connectivity index (χ0v) is 8.61. The predicted octanol–water partition coefficient (Wildman–Crippen LogP) is 3.89. The van der Waals surface area contributed by atoms with Crippen LogP contribution in [-0.4, -0.2) is 6.54 Å². The lowest BCUT2D eigenvalue weighted by molar-refractivity contribution is 0.552. The van der Waals surface area contributed by atoms with Gasteiger partial charge in [0.25, 0.3) is 0 Å². The summed E-state index contributed by atoms with van der Waals surface area (Å²) in [6, 6.07) is 3.97. The minimum Gasteiger partial charge on any atom is -0.470 e. The summed E-state index contributed by atoms with van der Waals surface area (Å²) in [7, 11) is 0. The van der Waals surface area contributed by atoms with Crippen molar-refractivity contribution in [3.8, 4) is 11.1 Å². The number of rotatable bonds is 3. The average Bonchev–Trinajstić information content (AvgIpc) is 2.63. The Kier molecular flexibility index (Phi) is 2.81. The summed E-state index contributed by atoms with van der Waals surface area (Å²) in [5.74, 6) is 0. The molecule has 0 saturated heterocycles. The number of fused-ring (bicyclic) bond motifs is 1. The van der Waals surface area contributed by atoms with Crippen LogP contribution in [0, 0.1) is 0 Å². The van der Waals surface area contributed by atoms with E-state index in [4.69, 9.17) is 21.5 Å². The number of halogens is 1. The van der Waals surface area contributed by atoms with Gasteiger partial charge in [-0.3, -0.25) is 0 Å². The Morgan fingerprint density at radius 2 is 2.27 bits per heavy atom. The Labute approximate surface area is 91.4 Å². The van der Waals surface area contributed by atoms with E-state index in [1.165, 1.54) is 6.26 Å². The second-order valence-electron chi connectivity index (χ2n) is 3.16. The third kappa shape index (κ3) is 2.06. The molecule has 0 bridgehead atoms. The highest BCUT2D eigenvalue weighted by Gasteiger charge is 2.10. The second kappa shape index (κ2) is 4.26. The quantitative estimate of drug-likeness (QED) is 0.441. The van der Waals surface area contributed by atoms with E-state index in [9.17, 15) is 0 Å². The molecule has 4 nitrogen and oxygen atoms in total. The van der Waals surface area contributed by atoms with Crippen LogP contribution in [0.1, 0.15) is 5.56 Å². The molecule has 0 amide bonds. The van der Waals surface area contributed by atoms with Crippen LogP contribution in [0.4, 0.5) is 0 Å². The van der Waals surface area contributed by atoms with Gasteiger partial charge < -0.3 is 4.42 Å². The molecule has 0 N–H and O–H groups in total. The first kappa shape index (κ1) is 9.90. The van der Waals surface area contributed by atoms with Crippen LogP contribution in [0.15, 0.2) is 34.2 Å². The molecule has 76 valence electrons. The Balaban J connectivity index is 2.27.